The second-order valence-corrected chi connectivity index (χ2v) is 4.92. The van der Waals surface area contributed by atoms with E-state index in [1.54, 1.807) is 0 Å². The average molecular weight is 271 g/mol. The lowest BCUT2D eigenvalue weighted by Gasteiger charge is -2.14. The molecule has 0 radical (unpaired) electrons. The van der Waals surface area contributed by atoms with Crippen LogP contribution in [0.3, 0.4) is 0 Å². The maximum absolute atomic E-state index is 5.84. The first-order valence-electron chi connectivity index (χ1n) is 6.76. The van der Waals surface area contributed by atoms with Crippen molar-refractivity contribution < 1.29 is 9.47 Å². The minimum absolute atomic E-state index is 0.511. The van der Waals surface area contributed by atoms with Crippen LogP contribution in [0.15, 0.2) is 36.4 Å². The van der Waals surface area contributed by atoms with E-state index >= 15 is 0 Å². The molecule has 0 aliphatic rings. The lowest BCUT2D eigenvalue weighted by atomic mass is 10.1. The number of nitrogen functional groups attached to an aromatic ring is 1. The first-order chi connectivity index (χ1) is 9.58. The fourth-order valence-electron chi connectivity index (χ4n) is 2.01. The molecule has 0 unspecified atom stereocenters. The van der Waals surface area contributed by atoms with Crippen molar-refractivity contribution in [2.24, 2.45) is 0 Å². The van der Waals surface area contributed by atoms with E-state index in [4.69, 9.17) is 15.2 Å². The van der Waals surface area contributed by atoms with Crippen molar-refractivity contribution in [3.63, 3.8) is 0 Å². The molecule has 3 heteroatoms. The van der Waals surface area contributed by atoms with E-state index in [1.807, 2.05) is 24.3 Å². The van der Waals surface area contributed by atoms with E-state index < -0.39 is 0 Å². The fraction of sp³-hybridized carbons (Fsp3) is 0.294. The molecule has 0 bridgehead atoms. The van der Waals surface area contributed by atoms with E-state index in [9.17, 15) is 0 Å². The van der Waals surface area contributed by atoms with Gasteiger partial charge in [-0.1, -0.05) is 12.1 Å². The third kappa shape index (κ3) is 3.44. The van der Waals surface area contributed by atoms with Crippen LogP contribution in [-0.4, -0.2) is 13.2 Å². The molecule has 20 heavy (non-hydrogen) atoms. The second kappa shape index (κ2) is 6.33. The van der Waals surface area contributed by atoms with Gasteiger partial charge in [-0.3, -0.25) is 0 Å². The van der Waals surface area contributed by atoms with Crippen molar-refractivity contribution in [1.29, 1.82) is 0 Å². The van der Waals surface area contributed by atoms with E-state index in [1.165, 1.54) is 11.1 Å². The van der Waals surface area contributed by atoms with Gasteiger partial charge in [0.15, 0.2) is 0 Å². The number of benzene rings is 2. The SMILES string of the molecule is Cc1ccc(C)c(OCCOc2ccc(N)cc2)c1C. The number of ether oxygens (including phenoxy) is 2. The Labute approximate surface area is 120 Å². The van der Waals surface area contributed by atoms with Crippen LogP contribution >= 0.6 is 0 Å². The zero-order valence-electron chi connectivity index (χ0n) is 12.3. The molecule has 2 aromatic carbocycles. The van der Waals surface area contributed by atoms with Crippen LogP contribution in [0.1, 0.15) is 16.7 Å². The molecule has 106 valence electrons. The van der Waals surface area contributed by atoms with Gasteiger partial charge in [0.2, 0.25) is 0 Å². The van der Waals surface area contributed by atoms with E-state index in [0.29, 0.717) is 13.2 Å². The molecule has 0 aliphatic heterocycles. The average Bonchev–Trinajstić information content (AvgIpc) is 2.44. The number of hydrogen-bond acceptors (Lipinski definition) is 3. The zero-order valence-corrected chi connectivity index (χ0v) is 12.3. The van der Waals surface area contributed by atoms with Crippen LogP contribution in [0, 0.1) is 20.8 Å². The first kappa shape index (κ1) is 14.3. The molecule has 2 aromatic rings. The lowest BCUT2D eigenvalue weighted by Crippen LogP contribution is -2.10. The Kier molecular flexibility index (Phi) is 4.51. The number of anilines is 1. The van der Waals surface area contributed by atoms with Gasteiger partial charge in [0.1, 0.15) is 24.7 Å². The number of aryl methyl sites for hydroxylation is 2. The highest BCUT2D eigenvalue weighted by molar-refractivity contribution is 5.44. The van der Waals surface area contributed by atoms with Crippen molar-refractivity contribution in [2.45, 2.75) is 20.8 Å². The van der Waals surface area contributed by atoms with Crippen molar-refractivity contribution in [1.82, 2.24) is 0 Å². The Balaban J connectivity index is 1.87. The zero-order chi connectivity index (χ0) is 14.5. The van der Waals surface area contributed by atoms with Gasteiger partial charge < -0.3 is 15.2 Å². The summed E-state index contributed by atoms with van der Waals surface area (Å²) in [6, 6.07) is 11.6. The number of rotatable bonds is 5. The summed E-state index contributed by atoms with van der Waals surface area (Å²) in [6.45, 7) is 7.26. The topological polar surface area (TPSA) is 44.5 Å². The minimum atomic E-state index is 0.511. The summed E-state index contributed by atoms with van der Waals surface area (Å²) in [5, 5.41) is 0. The molecule has 0 heterocycles. The molecule has 0 amide bonds. The van der Waals surface area contributed by atoms with Gasteiger partial charge in [-0.25, -0.2) is 0 Å². The number of hydrogen-bond donors (Lipinski definition) is 1. The number of nitrogens with two attached hydrogens (primary N) is 1. The quantitative estimate of drug-likeness (QED) is 0.667. The van der Waals surface area contributed by atoms with Crippen LogP contribution < -0.4 is 15.2 Å². The molecule has 0 fully saturated rings. The Morgan fingerprint density at radius 3 is 2.10 bits per heavy atom. The van der Waals surface area contributed by atoms with Crippen LogP contribution in [0.25, 0.3) is 0 Å². The first-order valence-corrected chi connectivity index (χ1v) is 6.76. The molecule has 0 saturated carbocycles. The van der Waals surface area contributed by atoms with E-state index in [0.717, 1.165) is 22.7 Å². The molecule has 0 aliphatic carbocycles. The molecule has 2 N–H and O–H groups in total. The van der Waals surface area contributed by atoms with E-state index in [-0.39, 0.29) is 0 Å². The van der Waals surface area contributed by atoms with Gasteiger partial charge in [-0.15, -0.1) is 0 Å². The highest BCUT2D eigenvalue weighted by Crippen LogP contribution is 2.25. The maximum atomic E-state index is 5.84. The molecule has 2 rings (SSSR count). The normalized spacial score (nSPS) is 10.3. The Bertz CT molecular complexity index is 576. The molecular weight excluding hydrogens is 250 g/mol. The van der Waals surface area contributed by atoms with Crippen molar-refractivity contribution in [3.05, 3.63) is 53.1 Å². The third-order valence-electron chi connectivity index (χ3n) is 3.35. The van der Waals surface area contributed by atoms with E-state index in [2.05, 4.69) is 32.9 Å². The summed E-state index contributed by atoms with van der Waals surface area (Å²) in [4.78, 5) is 0. The van der Waals surface area contributed by atoms with Gasteiger partial charge in [0, 0.05) is 5.69 Å². The van der Waals surface area contributed by atoms with Crippen LogP contribution in [0.2, 0.25) is 0 Å². The van der Waals surface area contributed by atoms with Gasteiger partial charge in [0.05, 0.1) is 0 Å². The molecule has 0 atom stereocenters. The van der Waals surface area contributed by atoms with Crippen molar-refractivity contribution in [3.8, 4) is 11.5 Å². The monoisotopic (exact) mass is 271 g/mol. The summed E-state index contributed by atoms with van der Waals surface area (Å²) in [5.74, 6) is 1.77. The smallest absolute Gasteiger partial charge is 0.125 e. The molecule has 0 aromatic heterocycles. The van der Waals surface area contributed by atoms with Crippen molar-refractivity contribution >= 4 is 5.69 Å². The van der Waals surface area contributed by atoms with Gasteiger partial charge in [-0.2, -0.15) is 0 Å². The Morgan fingerprint density at radius 2 is 1.40 bits per heavy atom. The summed E-state index contributed by atoms with van der Waals surface area (Å²) in [5.41, 5.74) is 9.95. The fourth-order valence-corrected chi connectivity index (χ4v) is 2.01. The second-order valence-electron chi connectivity index (χ2n) is 4.92. The Hall–Kier alpha value is -2.16. The summed E-state index contributed by atoms with van der Waals surface area (Å²) < 4.78 is 11.5. The Morgan fingerprint density at radius 1 is 0.800 bits per heavy atom. The van der Waals surface area contributed by atoms with Gasteiger partial charge >= 0.3 is 0 Å². The predicted octanol–water partition coefficient (Wildman–Crippen LogP) is 3.65. The minimum Gasteiger partial charge on any atom is -0.490 e. The summed E-state index contributed by atoms with van der Waals surface area (Å²) in [7, 11) is 0. The predicted molar refractivity (Wildman–Crippen MR) is 82.5 cm³/mol. The van der Waals surface area contributed by atoms with Crippen molar-refractivity contribution in [2.75, 3.05) is 18.9 Å². The van der Waals surface area contributed by atoms with Gasteiger partial charge in [-0.05, 0) is 61.7 Å². The van der Waals surface area contributed by atoms with Crippen LogP contribution in [-0.2, 0) is 0 Å². The maximum Gasteiger partial charge on any atom is 0.125 e. The highest BCUT2D eigenvalue weighted by Gasteiger charge is 2.06. The standard InChI is InChI=1S/C17H21NO2/c1-12-4-5-13(2)17(14(12)3)20-11-10-19-16-8-6-15(18)7-9-16/h4-9H,10-11,18H2,1-3H3. The highest BCUT2D eigenvalue weighted by atomic mass is 16.5. The van der Waals surface area contributed by atoms with Gasteiger partial charge in [0.25, 0.3) is 0 Å². The van der Waals surface area contributed by atoms with Crippen LogP contribution in [0.5, 0.6) is 11.5 Å². The molecule has 0 saturated heterocycles. The van der Waals surface area contributed by atoms with Crippen LogP contribution in [0.4, 0.5) is 5.69 Å². The molecule has 0 spiro atoms. The summed E-state index contributed by atoms with van der Waals surface area (Å²) in [6.07, 6.45) is 0. The molecular formula is C17H21NO2. The molecule has 3 nitrogen and oxygen atoms in total. The summed E-state index contributed by atoms with van der Waals surface area (Å²) >= 11 is 0. The largest absolute Gasteiger partial charge is 0.490 e. The lowest BCUT2D eigenvalue weighted by molar-refractivity contribution is 0.215. The third-order valence-corrected chi connectivity index (χ3v) is 3.35.